The molecule has 2 aromatic rings. The second kappa shape index (κ2) is 10.5. The summed E-state index contributed by atoms with van der Waals surface area (Å²) in [5, 5.41) is 14.4. The maximum Gasteiger partial charge on any atom is 0.317 e. The molecule has 2 atom stereocenters. The highest BCUT2D eigenvalue weighted by molar-refractivity contribution is 6.42. The zero-order chi connectivity index (χ0) is 25.4. The van der Waals surface area contributed by atoms with Crippen molar-refractivity contribution in [3.8, 4) is 5.75 Å². The number of rotatable bonds is 6. The highest BCUT2D eigenvalue weighted by Crippen LogP contribution is 2.47. The van der Waals surface area contributed by atoms with E-state index in [4.69, 9.17) is 23.2 Å². The minimum atomic E-state index is -0.216. The molecule has 2 N–H and O–H groups in total. The number of fused-ring (bicyclic) bond motifs is 1. The first kappa shape index (κ1) is 25.2. The Labute approximate surface area is 221 Å². The number of halogens is 2. The number of nitrogens with one attached hydrogen (secondary N) is 1. The summed E-state index contributed by atoms with van der Waals surface area (Å²) in [5.41, 5.74) is 2.24. The van der Waals surface area contributed by atoms with Crippen molar-refractivity contribution in [2.75, 3.05) is 39.8 Å². The minimum absolute atomic E-state index is 0.0172. The molecule has 3 amide bonds. The number of hydrogen-bond acceptors (Lipinski definition) is 4. The van der Waals surface area contributed by atoms with Crippen molar-refractivity contribution in [2.45, 2.75) is 43.7 Å². The number of likely N-dealkylation sites (N-methyl/N-ethyl adjacent to an activating group) is 1. The van der Waals surface area contributed by atoms with Crippen LogP contribution in [0.5, 0.6) is 5.75 Å². The van der Waals surface area contributed by atoms with E-state index in [1.807, 2.05) is 29.2 Å². The number of likely N-dealkylation sites (tertiary alicyclic amines) is 1. The van der Waals surface area contributed by atoms with Gasteiger partial charge in [0.05, 0.1) is 21.7 Å². The number of urea groups is 1. The van der Waals surface area contributed by atoms with Crippen LogP contribution >= 0.6 is 23.2 Å². The van der Waals surface area contributed by atoms with Gasteiger partial charge in [-0.25, -0.2) is 4.79 Å². The molecular formula is C27H32Cl2N4O3. The summed E-state index contributed by atoms with van der Waals surface area (Å²) in [4.78, 5) is 31.5. The molecule has 0 spiro atoms. The fourth-order valence-corrected chi connectivity index (χ4v) is 6.36. The lowest BCUT2D eigenvalue weighted by molar-refractivity contribution is 0.0738. The van der Waals surface area contributed by atoms with E-state index in [1.54, 1.807) is 24.1 Å². The van der Waals surface area contributed by atoms with Crippen LogP contribution in [0.3, 0.4) is 0 Å². The Bertz CT molecular complexity index is 1150. The summed E-state index contributed by atoms with van der Waals surface area (Å²) < 4.78 is 0. The zero-order valence-corrected chi connectivity index (χ0v) is 21.9. The first-order valence-electron chi connectivity index (χ1n) is 12.7. The molecule has 0 saturated carbocycles. The number of hydrogen-bond donors (Lipinski definition) is 2. The zero-order valence-electron chi connectivity index (χ0n) is 20.4. The lowest BCUT2D eigenvalue weighted by atomic mass is 9.84. The second-order valence-electron chi connectivity index (χ2n) is 10.0. The van der Waals surface area contributed by atoms with Crippen LogP contribution in [0.4, 0.5) is 4.79 Å². The predicted octanol–water partition coefficient (Wildman–Crippen LogP) is 4.88. The Kier molecular flexibility index (Phi) is 7.33. The molecule has 7 nitrogen and oxygen atoms in total. The number of nitrogens with zero attached hydrogens (tertiary/aromatic N) is 3. The number of amides is 3. The Morgan fingerprint density at radius 1 is 1.08 bits per heavy atom. The molecule has 0 radical (unpaired) electrons. The third kappa shape index (κ3) is 4.76. The van der Waals surface area contributed by atoms with Crippen LogP contribution in [0.25, 0.3) is 0 Å². The van der Waals surface area contributed by atoms with Crippen molar-refractivity contribution in [3.05, 3.63) is 63.1 Å². The third-order valence-electron chi connectivity index (χ3n) is 7.96. The molecule has 3 aliphatic rings. The normalized spacial score (nSPS) is 22.0. The molecule has 3 aliphatic heterocycles. The van der Waals surface area contributed by atoms with Gasteiger partial charge in [0.1, 0.15) is 5.75 Å². The van der Waals surface area contributed by atoms with Crippen molar-refractivity contribution >= 4 is 35.1 Å². The van der Waals surface area contributed by atoms with E-state index in [1.165, 1.54) is 0 Å². The molecule has 0 bridgehead atoms. The molecule has 3 heterocycles. The quantitative estimate of drug-likeness (QED) is 0.558. The van der Waals surface area contributed by atoms with Crippen molar-refractivity contribution in [2.24, 2.45) is 0 Å². The van der Waals surface area contributed by atoms with E-state index in [9.17, 15) is 14.7 Å². The van der Waals surface area contributed by atoms with Gasteiger partial charge in [0.25, 0.3) is 5.91 Å². The average Bonchev–Trinajstić information content (AvgIpc) is 3.13. The molecule has 9 heteroatoms. The molecule has 5 rings (SSSR count). The van der Waals surface area contributed by atoms with Crippen LogP contribution < -0.4 is 5.32 Å². The van der Waals surface area contributed by atoms with Crippen LogP contribution in [-0.4, -0.2) is 77.6 Å². The van der Waals surface area contributed by atoms with Gasteiger partial charge in [-0.05, 0) is 61.6 Å². The van der Waals surface area contributed by atoms with Crippen LogP contribution in [-0.2, 0) is 0 Å². The van der Waals surface area contributed by atoms with Crippen LogP contribution in [0.2, 0.25) is 10.0 Å². The van der Waals surface area contributed by atoms with E-state index in [0.717, 1.165) is 69.5 Å². The Morgan fingerprint density at radius 2 is 1.86 bits per heavy atom. The van der Waals surface area contributed by atoms with E-state index in [0.29, 0.717) is 21.7 Å². The number of aromatic hydroxyl groups is 1. The van der Waals surface area contributed by atoms with Gasteiger partial charge in [0.15, 0.2) is 0 Å². The SMILES string of the molecule is CN1C(=O)c2c(O)cccc2C1C(CCN1CCC(N2CCCNC2=O)CC1)c1ccc(Cl)c(Cl)c1. The van der Waals surface area contributed by atoms with E-state index in [-0.39, 0.29) is 29.6 Å². The Hall–Kier alpha value is -2.48. The summed E-state index contributed by atoms with van der Waals surface area (Å²) in [6.45, 7) is 4.32. The lowest BCUT2D eigenvalue weighted by Gasteiger charge is -2.40. The molecule has 192 valence electrons. The molecule has 0 aliphatic carbocycles. The minimum Gasteiger partial charge on any atom is -0.507 e. The van der Waals surface area contributed by atoms with Crippen LogP contribution in [0.1, 0.15) is 59.1 Å². The monoisotopic (exact) mass is 530 g/mol. The van der Waals surface area contributed by atoms with Gasteiger partial charge in [0, 0.05) is 45.2 Å². The number of benzene rings is 2. The number of carbonyl (C=O) groups excluding carboxylic acids is 2. The second-order valence-corrected chi connectivity index (χ2v) is 10.8. The predicted molar refractivity (Wildman–Crippen MR) is 141 cm³/mol. The highest BCUT2D eigenvalue weighted by Gasteiger charge is 2.41. The number of piperidine rings is 1. The van der Waals surface area contributed by atoms with Gasteiger partial charge < -0.3 is 25.1 Å². The van der Waals surface area contributed by atoms with Crippen molar-refractivity contribution < 1.29 is 14.7 Å². The van der Waals surface area contributed by atoms with Crippen molar-refractivity contribution in [3.63, 3.8) is 0 Å². The maximum atomic E-state index is 13.1. The average molecular weight is 531 g/mol. The van der Waals surface area contributed by atoms with Crippen LogP contribution in [0.15, 0.2) is 36.4 Å². The summed E-state index contributed by atoms with van der Waals surface area (Å²) in [7, 11) is 1.80. The van der Waals surface area contributed by atoms with Gasteiger partial charge >= 0.3 is 6.03 Å². The third-order valence-corrected chi connectivity index (χ3v) is 8.70. The van der Waals surface area contributed by atoms with Gasteiger partial charge in [-0.15, -0.1) is 0 Å². The smallest absolute Gasteiger partial charge is 0.317 e. The number of phenolic OH excluding ortho intramolecular Hbond substituents is 1. The van der Waals surface area contributed by atoms with Gasteiger partial charge in [-0.2, -0.15) is 0 Å². The molecule has 2 fully saturated rings. The summed E-state index contributed by atoms with van der Waals surface area (Å²) >= 11 is 12.6. The molecular weight excluding hydrogens is 499 g/mol. The summed E-state index contributed by atoms with van der Waals surface area (Å²) in [6, 6.07) is 11.1. The van der Waals surface area contributed by atoms with Crippen molar-refractivity contribution in [1.82, 2.24) is 20.0 Å². The highest BCUT2D eigenvalue weighted by atomic mass is 35.5. The Balaban J connectivity index is 1.34. The van der Waals surface area contributed by atoms with Crippen LogP contribution in [0, 0.1) is 0 Å². The van der Waals surface area contributed by atoms with E-state index < -0.39 is 0 Å². The molecule has 36 heavy (non-hydrogen) atoms. The Morgan fingerprint density at radius 3 is 2.58 bits per heavy atom. The lowest BCUT2D eigenvalue weighted by Crippen LogP contribution is -2.54. The van der Waals surface area contributed by atoms with Crippen molar-refractivity contribution in [1.29, 1.82) is 0 Å². The van der Waals surface area contributed by atoms with Gasteiger partial charge in [-0.1, -0.05) is 41.4 Å². The summed E-state index contributed by atoms with van der Waals surface area (Å²) in [6.07, 6.45) is 3.74. The fraction of sp³-hybridized carbons (Fsp3) is 0.481. The topological polar surface area (TPSA) is 76.1 Å². The molecule has 0 aromatic heterocycles. The number of phenols is 1. The first-order chi connectivity index (χ1) is 17.3. The first-order valence-corrected chi connectivity index (χ1v) is 13.4. The largest absolute Gasteiger partial charge is 0.507 e. The van der Waals surface area contributed by atoms with Gasteiger partial charge in [-0.3, -0.25) is 4.79 Å². The number of carbonyl (C=O) groups is 2. The standard InChI is InChI=1S/C27H32Cl2N4O3/c1-31-25(20-4-2-5-23(34)24(20)26(31)35)19(17-6-7-21(28)22(29)16-17)10-15-32-13-8-18(9-14-32)33-12-3-11-30-27(33)36/h2,4-7,16,18-19,25,34H,3,8-15H2,1H3,(H,30,36). The fourth-order valence-electron chi connectivity index (χ4n) is 6.06. The van der Waals surface area contributed by atoms with E-state index in [2.05, 4.69) is 10.2 Å². The molecule has 2 saturated heterocycles. The molecule has 2 aromatic carbocycles. The van der Waals surface area contributed by atoms with E-state index >= 15 is 0 Å². The molecule has 2 unspecified atom stereocenters. The maximum absolute atomic E-state index is 13.1. The summed E-state index contributed by atoms with van der Waals surface area (Å²) in [5.74, 6) is -0.176. The van der Waals surface area contributed by atoms with Gasteiger partial charge in [0.2, 0.25) is 0 Å².